The maximum Gasteiger partial charge on any atom is 0.429 e. The lowest BCUT2D eigenvalue weighted by molar-refractivity contribution is -0.136. The number of carbonyl (C=O) groups is 3. The van der Waals surface area contributed by atoms with E-state index in [9.17, 15) is 14.4 Å². The lowest BCUT2D eigenvalue weighted by atomic mass is 10.1. The van der Waals surface area contributed by atoms with Crippen LogP contribution in [-0.4, -0.2) is 50.0 Å². The van der Waals surface area contributed by atoms with Crippen molar-refractivity contribution in [2.45, 2.75) is 13.8 Å². The average Bonchev–Trinajstić information content (AvgIpc) is 2.61. The summed E-state index contributed by atoms with van der Waals surface area (Å²) in [5, 5.41) is 0.854. The normalized spacial score (nSPS) is 10.6. The zero-order valence-corrected chi connectivity index (χ0v) is 14.5. The van der Waals surface area contributed by atoms with Crippen LogP contribution in [0.25, 0.3) is 6.08 Å². The Morgan fingerprint density at radius 2 is 1.72 bits per heavy atom. The van der Waals surface area contributed by atoms with Gasteiger partial charge in [0.15, 0.2) is 0 Å². The summed E-state index contributed by atoms with van der Waals surface area (Å²) >= 11 is 0. The van der Waals surface area contributed by atoms with Gasteiger partial charge in [0.1, 0.15) is 0 Å². The Morgan fingerprint density at radius 3 is 2.28 bits per heavy atom. The minimum atomic E-state index is -0.834. The van der Waals surface area contributed by atoms with Gasteiger partial charge in [0.05, 0.1) is 32.4 Å². The highest BCUT2D eigenvalue weighted by atomic mass is 16.6. The number of nitrogens with zero attached hydrogens (tertiary/aromatic N) is 1. The lowest BCUT2D eigenvalue weighted by Crippen LogP contribution is -2.48. The first-order valence-electron chi connectivity index (χ1n) is 7.73. The molecule has 1 aromatic carbocycles. The average molecular weight is 350 g/mol. The van der Waals surface area contributed by atoms with Crippen molar-refractivity contribution in [2.75, 3.05) is 26.9 Å². The number of ether oxygens (including phenoxy) is 3. The van der Waals surface area contributed by atoms with Gasteiger partial charge in [0, 0.05) is 0 Å². The highest BCUT2D eigenvalue weighted by Crippen LogP contribution is 2.10. The summed E-state index contributed by atoms with van der Waals surface area (Å²) in [5.41, 5.74) is 3.14. The largest absolute Gasteiger partial charge is 0.466 e. The number of nitrogens with one attached hydrogen (secondary N) is 1. The molecule has 0 radical (unpaired) electrons. The van der Waals surface area contributed by atoms with Crippen LogP contribution in [0.1, 0.15) is 19.4 Å². The Hall–Kier alpha value is -3.03. The van der Waals surface area contributed by atoms with E-state index in [1.165, 1.54) is 7.11 Å². The Kier molecular flexibility index (Phi) is 8.56. The topological polar surface area (TPSA) is 94.2 Å². The second-order valence-corrected chi connectivity index (χ2v) is 4.69. The van der Waals surface area contributed by atoms with E-state index in [4.69, 9.17) is 14.2 Å². The van der Waals surface area contributed by atoms with E-state index >= 15 is 0 Å². The molecule has 1 aromatic rings. The zero-order chi connectivity index (χ0) is 18.7. The van der Waals surface area contributed by atoms with E-state index in [2.05, 4.69) is 5.43 Å². The summed E-state index contributed by atoms with van der Waals surface area (Å²) < 4.78 is 14.4. The van der Waals surface area contributed by atoms with Crippen LogP contribution in [-0.2, 0) is 19.0 Å². The minimum Gasteiger partial charge on any atom is -0.466 e. The molecule has 0 fully saturated rings. The Bertz CT molecular complexity index is 615. The van der Waals surface area contributed by atoms with Crippen LogP contribution in [0.2, 0.25) is 0 Å². The van der Waals surface area contributed by atoms with Crippen LogP contribution in [0.4, 0.5) is 9.59 Å². The fourth-order valence-corrected chi connectivity index (χ4v) is 1.85. The molecule has 0 heterocycles. The van der Waals surface area contributed by atoms with Gasteiger partial charge in [-0.05, 0) is 25.5 Å². The number of rotatable bonds is 6. The molecular formula is C17H22N2O6. The summed E-state index contributed by atoms with van der Waals surface area (Å²) in [7, 11) is 1.23. The molecule has 0 atom stereocenters. The molecule has 8 nitrogen and oxygen atoms in total. The number of benzene rings is 1. The van der Waals surface area contributed by atoms with E-state index in [1.54, 1.807) is 44.2 Å². The molecule has 0 unspecified atom stereocenters. The zero-order valence-electron chi connectivity index (χ0n) is 14.5. The monoisotopic (exact) mass is 350 g/mol. The molecule has 2 amide bonds. The molecule has 1 N–H and O–H groups in total. The van der Waals surface area contributed by atoms with Crippen molar-refractivity contribution in [3.63, 3.8) is 0 Å². The van der Waals surface area contributed by atoms with Gasteiger partial charge in [0.25, 0.3) is 0 Å². The van der Waals surface area contributed by atoms with E-state index in [0.717, 1.165) is 10.6 Å². The molecule has 8 heteroatoms. The van der Waals surface area contributed by atoms with Crippen LogP contribution >= 0.6 is 0 Å². The number of hydrazine groups is 1. The number of methoxy groups -OCH3 is 1. The smallest absolute Gasteiger partial charge is 0.429 e. The van der Waals surface area contributed by atoms with Gasteiger partial charge in [-0.15, -0.1) is 0 Å². The molecule has 0 aliphatic carbocycles. The van der Waals surface area contributed by atoms with Crippen molar-refractivity contribution in [3.8, 4) is 0 Å². The third-order valence-corrected chi connectivity index (χ3v) is 2.91. The molecule has 0 saturated heterocycles. The molecule has 1 rings (SSSR count). The van der Waals surface area contributed by atoms with Gasteiger partial charge < -0.3 is 14.2 Å². The van der Waals surface area contributed by atoms with Gasteiger partial charge in [-0.25, -0.2) is 24.8 Å². The predicted octanol–water partition coefficient (Wildman–Crippen LogP) is 2.36. The molecule has 25 heavy (non-hydrogen) atoms. The predicted molar refractivity (Wildman–Crippen MR) is 90.3 cm³/mol. The summed E-state index contributed by atoms with van der Waals surface area (Å²) in [6.45, 7) is 3.24. The lowest BCUT2D eigenvalue weighted by Gasteiger charge is -2.22. The van der Waals surface area contributed by atoms with E-state index in [1.807, 2.05) is 6.07 Å². The van der Waals surface area contributed by atoms with Crippen molar-refractivity contribution in [1.82, 2.24) is 10.4 Å². The number of carbonyl (C=O) groups excluding carboxylic acids is 3. The van der Waals surface area contributed by atoms with Crippen molar-refractivity contribution in [1.29, 1.82) is 0 Å². The first-order chi connectivity index (χ1) is 12.0. The molecule has 136 valence electrons. The maximum atomic E-state index is 12.0. The third kappa shape index (κ3) is 6.94. The fraction of sp³-hybridized carbons (Fsp3) is 0.353. The minimum absolute atomic E-state index is 0.107. The Morgan fingerprint density at radius 1 is 1.08 bits per heavy atom. The number of esters is 1. The summed E-state index contributed by atoms with van der Waals surface area (Å²) in [5.74, 6) is -0.635. The Labute approximate surface area is 146 Å². The SMILES string of the molecule is CCOC(=O)NN(C/C(=C/c1ccccc1)C(=O)OC)C(=O)OCC. The number of hydrogen-bond donors (Lipinski definition) is 1. The van der Waals surface area contributed by atoms with Gasteiger partial charge >= 0.3 is 18.2 Å². The van der Waals surface area contributed by atoms with E-state index in [-0.39, 0.29) is 25.3 Å². The maximum absolute atomic E-state index is 12.0. The van der Waals surface area contributed by atoms with Crippen LogP contribution in [0.3, 0.4) is 0 Å². The van der Waals surface area contributed by atoms with Crippen LogP contribution < -0.4 is 5.43 Å². The number of hydrogen-bond acceptors (Lipinski definition) is 6. The second kappa shape index (κ2) is 10.7. The third-order valence-electron chi connectivity index (χ3n) is 2.91. The van der Waals surface area contributed by atoms with E-state index in [0.29, 0.717) is 0 Å². The highest BCUT2D eigenvalue weighted by Gasteiger charge is 2.23. The standard InChI is InChI=1S/C17H22N2O6/c1-4-24-16(21)18-19(17(22)25-5-2)12-14(15(20)23-3)11-13-9-7-6-8-10-13/h6-11H,4-5,12H2,1-3H3,(H,18,21)/b14-11-. The van der Waals surface area contributed by atoms with Crippen molar-refractivity contribution >= 4 is 24.2 Å². The summed E-state index contributed by atoms with van der Waals surface area (Å²) in [6, 6.07) is 9.02. The van der Waals surface area contributed by atoms with Crippen LogP contribution in [0, 0.1) is 0 Å². The van der Waals surface area contributed by atoms with Gasteiger partial charge in [-0.3, -0.25) is 0 Å². The quantitative estimate of drug-likeness (QED) is 0.366. The summed E-state index contributed by atoms with van der Waals surface area (Å²) in [4.78, 5) is 35.7. The first kappa shape index (κ1) is 20.0. The Balaban J connectivity index is 3.04. The molecule has 0 aliphatic rings. The van der Waals surface area contributed by atoms with E-state index < -0.39 is 18.2 Å². The molecule has 0 aliphatic heterocycles. The van der Waals surface area contributed by atoms with Crippen LogP contribution in [0.15, 0.2) is 35.9 Å². The second-order valence-electron chi connectivity index (χ2n) is 4.69. The molecule has 0 saturated carbocycles. The highest BCUT2D eigenvalue weighted by molar-refractivity contribution is 5.94. The van der Waals surface area contributed by atoms with Crippen molar-refractivity contribution in [2.24, 2.45) is 0 Å². The van der Waals surface area contributed by atoms with Crippen molar-refractivity contribution in [3.05, 3.63) is 41.5 Å². The summed E-state index contributed by atoms with van der Waals surface area (Å²) in [6.07, 6.45) is -0.0943. The fourth-order valence-electron chi connectivity index (χ4n) is 1.85. The van der Waals surface area contributed by atoms with Gasteiger partial charge in [-0.2, -0.15) is 0 Å². The number of amides is 2. The van der Waals surface area contributed by atoms with Gasteiger partial charge in [-0.1, -0.05) is 30.3 Å². The van der Waals surface area contributed by atoms with Crippen LogP contribution in [0.5, 0.6) is 0 Å². The van der Waals surface area contributed by atoms with Crippen molar-refractivity contribution < 1.29 is 28.6 Å². The first-order valence-corrected chi connectivity index (χ1v) is 7.73. The molecule has 0 bridgehead atoms. The molecular weight excluding hydrogens is 328 g/mol. The van der Waals surface area contributed by atoms with Gasteiger partial charge in [0.2, 0.25) is 0 Å². The molecule has 0 aromatic heterocycles. The molecule has 0 spiro atoms.